The largest absolute Gasteiger partial charge is 0.352 e. The molecule has 0 spiro atoms. The van der Waals surface area contributed by atoms with Gasteiger partial charge in [-0.1, -0.05) is 12.1 Å². The van der Waals surface area contributed by atoms with Crippen molar-refractivity contribution >= 4 is 27.0 Å². The van der Waals surface area contributed by atoms with Crippen molar-refractivity contribution in [3.63, 3.8) is 0 Å². The zero-order valence-corrected chi connectivity index (χ0v) is 15.8. The summed E-state index contributed by atoms with van der Waals surface area (Å²) in [6.45, 7) is 0.169. The molecule has 0 aliphatic carbocycles. The zero-order chi connectivity index (χ0) is 21.0. The molecule has 0 radical (unpaired) electrons. The van der Waals surface area contributed by atoms with Gasteiger partial charge in [0, 0.05) is 13.1 Å². The summed E-state index contributed by atoms with van der Waals surface area (Å²) >= 11 is 0. The van der Waals surface area contributed by atoms with Crippen LogP contribution in [-0.2, 0) is 10.0 Å². The number of fused-ring (bicyclic) bond motifs is 1. The highest BCUT2D eigenvalue weighted by molar-refractivity contribution is 7.89. The fourth-order valence-electron chi connectivity index (χ4n) is 2.58. The Hall–Kier alpha value is -3.31. The van der Waals surface area contributed by atoms with Gasteiger partial charge in [-0.15, -0.1) is 0 Å². The number of hydrogen-bond acceptors (Lipinski definition) is 5. The summed E-state index contributed by atoms with van der Waals surface area (Å²) in [4.78, 5) is 39.1. The molecule has 3 rings (SSSR count). The van der Waals surface area contributed by atoms with E-state index in [2.05, 4.69) is 20.0 Å². The van der Waals surface area contributed by atoms with Crippen LogP contribution in [0.25, 0.3) is 11.0 Å². The lowest BCUT2D eigenvalue weighted by Crippen LogP contribution is -2.30. The summed E-state index contributed by atoms with van der Waals surface area (Å²) < 4.78 is 40.7. The van der Waals surface area contributed by atoms with Crippen LogP contribution in [0.3, 0.4) is 0 Å². The summed E-state index contributed by atoms with van der Waals surface area (Å²) in [5.41, 5.74) is -1.33. The molecular weight excluding hydrogens is 403 g/mol. The number of aromatic amines is 2. The third-order valence-corrected chi connectivity index (χ3v) is 5.51. The maximum absolute atomic E-state index is 13.5. The summed E-state index contributed by atoms with van der Waals surface area (Å²) in [7, 11) is -3.87. The molecule has 0 unspecified atom stereocenters. The summed E-state index contributed by atoms with van der Waals surface area (Å²) in [5.74, 6) is -1.22. The Balaban J connectivity index is 1.57. The van der Waals surface area contributed by atoms with Crippen LogP contribution in [0.15, 0.2) is 56.9 Å². The molecule has 29 heavy (non-hydrogen) atoms. The first-order chi connectivity index (χ1) is 13.8. The molecular formula is C18H17FN4O5S. The smallest absolute Gasteiger partial charge is 0.314 e. The molecule has 0 aliphatic rings. The van der Waals surface area contributed by atoms with Gasteiger partial charge in [-0.2, -0.15) is 0 Å². The lowest BCUT2D eigenvalue weighted by Gasteiger charge is -2.09. The van der Waals surface area contributed by atoms with Crippen molar-refractivity contribution in [2.45, 2.75) is 11.3 Å². The average Bonchev–Trinajstić information content (AvgIpc) is 2.68. The van der Waals surface area contributed by atoms with Crippen molar-refractivity contribution in [3.05, 3.63) is 74.6 Å². The highest BCUT2D eigenvalue weighted by Crippen LogP contribution is 2.14. The van der Waals surface area contributed by atoms with Crippen LogP contribution in [0.1, 0.15) is 16.8 Å². The normalized spacial score (nSPS) is 11.5. The van der Waals surface area contributed by atoms with E-state index in [1.807, 2.05) is 0 Å². The summed E-state index contributed by atoms with van der Waals surface area (Å²) in [6, 6.07) is 9.43. The molecule has 0 bridgehead atoms. The van der Waals surface area contributed by atoms with Crippen LogP contribution in [0, 0.1) is 5.82 Å². The number of benzene rings is 2. The molecule has 0 atom stereocenters. The molecule has 9 nitrogen and oxygen atoms in total. The first-order valence-corrected chi connectivity index (χ1v) is 10.0. The number of H-pyrrole nitrogens is 2. The van der Waals surface area contributed by atoms with Gasteiger partial charge in [0.1, 0.15) is 5.82 Å². The lowest BCUT2D eigenvalue weighted by atomic mass is 10.2. The van der Waals surface area contributed by atoms with E-state index < -0.39 is 32.9 Å². The highest BCUT2D eigenvalue weighted by atomic mass is 32.2. The Bertz CT molecular complexity index is 1280. The van der Waals surface area contributed by atoms with Crippen molar-refractivity contribution < 1.29 is 17.6 Å². The van der Waals surface area contributed by atoms with E-state index >= 15 is 0 Å². The van der Waals surface area contributed by atoms with Gasteiger partial charge in [-0.25, -0.2) is 17.5 Å². The number of carbonyl (C=O) groups excluding carboxylic acids is 1. The average molecular weight is 420 g/mol. The SMILES string of the molecule is O=C(NCCCNS(=O)(=O)c1ccc2[nH]c(=O)c(=O)[nH]c2c1)c1ccccc1F. The van der Waals surface area contributed by atoms with Crippen LogP contribution in [0.5, 0.6) is 0 Å². The summed E-state index contributed by atoms with van der Waals surface area (Å²) in [5, 5.41) is 2.51. The van der Waals surface area contributed by atoms with Crippen LogP contribution in [-0.4, -0.2) is 37.4 Å². The Kier molecular flexibility index (Phi) is 5.89. The minimum atomic E-state index is -3.87. The zero-order valence-electron chi connectivity index (χ0n) is 15.0. The Morgan fingerprint density at radius 2 is 1.66 bits per heavy atom. The molecule has 4 N–H and O–H groups in total. The molecule has 2 aromatic carbocycles. The third kappa shape index (κ3) is 4.76. The first kappa shape index (κ1) is 20.4. The van der Waals surface area contributed by atoms with Gasteiger partial charge in [-0.3, -0.25) is 14.4 Å². The van der Waals surface area contributed by atoms with Crippen molar-refractivity contribution in [2.75, 3.05) is 13.1 Å². The second-order valence-electron chi connectivity index (χ2n) is 6.10. The second kappa shape index (κ2) is 8.37. The van der Waals surface area contributed by atoms with E-state index in [1.165, 1.54) is 36.4 Å². The third-order valence-electron chi connectivity index (χ3n) is 4.05. The van der Waals surface area contributed by atoms with Gasteiger partial charge in [0.2, 0.25) is 10.0 Å². The Morgan fingerprint density at radius 1 is 0.966 bits per heavy atom. The minimum Gasteiger partial charge on any atom is -0.352 e. The fourth-order valence-corrected chi connectivity index (χ4v) is 3.68. The molecule has 152 valence electrons. The number of aromatic nitrogens is 2. The molecule has 11 heteroatoms. The second-order valence-corrected chi connectivity index (χ2v) is 7.87. The van der Waals surface area contributed by atoms with E-state index in [9.17, 15) is 27.2 Å². The predicted molar refractivity (Wildman–Crippen MR) is 104 cm³/mol. The van der Waals surface area contributed by atoms with Crippen molar-refractivity contribution in [1.29, 1.82) is 0 Å². The molecule has 1 amide bonds. The van der Waals surface area contributed by atoms with E-state index in [0.717, 1.165) is 0 Å². The van der Waals surface area contributed by atoms with E-state index in [4.69, 9.17) is 0 Å². The highest BCUT2D eigenvalue weighted by Gasteiger charge is 2.15. The van der Waals surface area contributed by atoms with Gasteiger partial charge in [0.25, 0.3) is 5.91 Å². The standard InChI is InChI=1S/C18H17FN4O5S/c19-13-5-2-1-4-12(13)16(24)20-8-3-9-21-29(27,28)11-6-7-14-15(10-11)23-18(26)17(25)22-14/h1-2,4-7,10,21H,3,8-9H2,(H,20,24)(H,22,25)(H,23,26). The van der Waals surface area contributed by atoms with E-state index in [-0.39, 0.29) is 35.5 Å². The lowest BCUT2D eigenvalue weighted by molar-refractivity contribution is 0.0949. The first-order valence-electron chi connectivity index (χ1n) is 8.57. The molecule has 0 saturated heterocycles. The van der Waals surface area contributed by atoms with Gasteiger partial charge in [0.05, 0.1) is 21.5 Å². The van der Waals surface area contributed by atoms with E-state index in [1.54, 1.807) is 6.07 Å². The quantitative estimate of drug-likeness (QED) is 0.325. The number of nitrogens with one attached hydrogen (secondary N) is 4. The maximum Gasteiger partial charge on any atom is 0.314 e. The van der Waals surface area contributed by atoms with Crippen molar-refractivity contribution in [3.8, 4) is 0 Å². The number of halogens is 1. The van der Waals surface area contributed by atoms with Crippen LogP contribution < -0.4 is 21.2 Å². The number of sulfonamides is 1. The minimum absolute atomic E-state index is 0.0278. The van der Waals surface area contributed by atoms with Gasteiger partial charge in [-0.05, 0) is 36.8 Å². The Labute approximate surface area is 164 Å². The monoisotopic (exact) mass is 420 g/mol. The molecule has 1 heterocycles. The number of hydrogen-bond donors (Lipinski definition) is 4. The number of rotatable bonds is 7. The fraction of sp³-hybridized carbons (Fsp3) is 0.167. The predicted octanol–water partition coefficient (Wildman–Crippen LogP) is 0.454. The van der Waals surface area contributed by atoms with Gasteiger partial charge < -0.3 is 15.3 Å². The Morgan fingerprint density at radius 3 is 2.38 bits per heavy atom. The van der Waals surface area contributed by atoms with E-state index in [0.29, 0.717) is 5.52 Å². The molecule has 0 saturated carbocycles. The van der Waals surface area contributed by atoms with Gasteiger partial charge in [0.15, 0.2) is 0 Å². The number of carbonyl (C=O) groups is 1. The molecule has 3 aromatic rings. The van der Waals surface area contributed by atoms with Gasteiger partial charge >= 0.3 is 11.1 Å². The molecule has 0 fully saturated rings. The van der Waals surface area contributed by atoms with Crippen LogP contribution >= 0.6 is 0 Å². The number of amides is 1. The van der Waals surface area contributed by atoms with Crippen molar-refractivity contribution in [1.82, 2.24) is 20.0 Å². The van der Waals surface area contributed by atoms with Crippen LogP contribution in [0.2, 0.25) is 0 Å². The van der Waals surface area contributed by atoms with Crippen LogP contribution in [0.4, 0.5) is 4.39 Å². The topological polar surface area (TPSA) is 141 Å². The van der Waals surface area contributed by atoms with Crippen molar-refractivity contribution in [2.24, 2.45) is 0 Å². The maximum atomic E-state index is 13.5. The molecule has 1 aromatic heterocycles. The molecule has 0 aliphatic heterocycles. The summed E-state index contributed by atoms with van der Waals surface area (Å²) in [6.07, 6.45) is 0.275.